The molecule has 0 aliphatic heterocycles. The maximum Gasteiger partial charge on any atom is 0.175 e. The Morgan fingerprint density at radius 2 is 1.13 bits per heavy atom. The van der Waals surface area contributed by atoms with Crippen LogP contribution in [-0.4, -0.2) is 18.3 Å². The number of anilines is 2. The third-order valence-electron chi connectivity index (χ3n) is 2.85. The summed E-state index contributed by atoms with van der Waals surface area (Å²) in [6.45, 7) is 5.24. The van der Waals surface area contributed by atoms with Crippen LogP contribution in [-0.2, 0) is 0 Å². The summed E-state index contributed by atoms with van der Waals surface area (Å²) in [6.07, 6.45) is 0. The second-order valence-electron chi connectivity index (χ2n) is 4.49. The van der Waals surface area contributed by atoms with Crippen LogP contribution in [0.5, 0.6) is 11.5 Å². The Hall–Kier alpha value is -1.84. The van der Waals surface area contributed by atoms with E-state index in [-0.39, 0.29) is 9.90 Å². The fourth-order valence-electron chi connectivity index (χ4n) is 1.90. The lowest BCUT2D eigenvalue weighted by molar-refractivity contribution is 0.340. The molecular weight excluding hydrogens is 327 g/mol. The summed E-state index contributed by atoms with van der Waals surface area (Å²) in [5, 5.41) is 6.80. The van der Waals surface area contributed by atoms with Crippen LogP contribution >= 0.6 is 22.1 Å². The van der Waals surface area contributed by atoms with E-state index in [0.717, 1.165) is 22.9 Å². The van der Waals surface area contributed by atoms with Crippen molar-refractivity contribution in [1.29, 1.82) is 0 Å². The van der Waals surface area contributed by atoms with E-state index in [2.05, 4.69) is 10.6 Å². The number of rotatable bonds is 6. The largest absolute Gasteiger partial charge is 0.494 e. The molecule has 2 aromatic carbocycles. The molecule has 0 fully saturated rings. The number of ether oxygens (including phenoxy) is 2. The number of thiocarbonyl (C=S) groups is 1. The van der Waals surface area contributed by atoms with Crippen molar-refractivity contribution in [2.24, 2.45) is 0 Å². The van der Waals surface area contributed by atoms with Crippen LogP contribution in [0.4, 0.5) is 11.4 Å². The van der Waals surface area contributed by atoms with Gasteiger partial charge in [-0.1, -0.05) is 0 Å². The SMILES string of the molecule is CCOc1ccc(NC(=S)Nc2ccc(OCC)cc2)cc1.P. The van der Waals surface area contributed by atoms with Gasteiger partial charge in [-0.05, 0) is 74.6 Å². The topological polar surface area (TPSA) is 42.5 Å². The Morgan fingerprint density at radius 1 is 0.783 bits per heavy atom. The van der Waals surface area contributed by atoms with E-state index in [1.165, 1.54) is 0 Å². The van der Waals surface area contributed by atoms with E-state index in [0.29, 0.717) is 18.3 Å². The van der Waals surface area contributed by atoms with Gasteiger partial charge in [-0.2, -0.15) is 9.90 Å². The van der Waals surface area contributed by atoms with Crippen LogP contribution in [0.3, 0.4) is 0 Å². The van der Waals surface area contributed by atoms with Gasteiger partial charge in [-0.3, -0.25) is 0 Å². The van der Waals surface area contributed by atoms with Crippen molar-refractivity contribution in [2.45, 2.75) is 13.8 Å². The molecule has 6 heteroatoms. The molecule has 0 aliphatic rings. The molecule has 0 bridgehead atoms. The van der Waals surface area contributed by atoms with Crippen molar-refractivity contribution >= 4 is 38.6 Å². The molecule has 0 amide bonds. The van der Waals surface area contributed by atoms with Gasteiger partial charge >= 0.3 is 0 Å². The first kappa shape index (κ1) is 19.2. The molecule has 4 nitrogen and oxygen atoms in total. The van der Waals surface area contributed by atoms with Gasteiger partial charge < -0.3 is 20.1 Å². The molecule has 1 atom stereocenters. The van der Waals surface area contributed by atoms with Crippen LogP contribution in [0.15, 0.2) is 48.5 Å². The Morgan fingerprint density at radius 3 is 1.43 bits per heavy atom. The fraction of sp³-hybridized carbons (Fsp3) is 0.235. The van der Waals surface area contributed by atoms with E-state index < -0.39 is 0 Å². The van der Waals surface area contributed by atoms with Crippen LogP contribution in [0.1, 0.15) is 13.8 Å². The Bertz CT molecular complexity index is 549. The van der Waals surface area contributed by atoms with Crippen molar-refractivity contribution in [3.05, 3.63) is 48.5 Å². The first-order valence-electron chi connectivity index (χ1n) is 7.25. The average Bonchev–Trinajstić information content (AvgIpc) is 2.52. The highest BCUT2D eigenvalue weighted by atomic mass is 32.1. The Balaban J connectivity index is 0.00000264. The van der Waals surface area contributed by atoms with Crippen molar-refractivity contribution in [1.82, 2.24) is 0 Å². The number of hydrogen-bond acceptors (Lipinski definition) is 3. The molecule has 23 heavy (non-hydrogen) atoms. The van der Waals surface area contributed by atoms with Gasteiger partial charge in [0.2, 0.25) is 0 Å². The van der Waals surface area contributed by atoms with Gasteiger partial charge in [-0.25, -0.2) is 0 Å². The van der Waals surface area contributed by atoms with E-state index in [4.69, 9.17) is 21.7 Å². The maximum atomic E-state index is 5.40. The van der Waals surface area contributed by atoms with E-state index in [9.17, 15) is 0 Å². The third-order valence-corrected chi connectivity index (χ3v) is 3.05. The van der Waals surface area contributed by atoms with Crippen LogP contribution in [0.25, 0.3) is 0 Å². The van der Waals surface area contributed by atoms with Crippen LogP contribution in [0, 0.1) is 0 Å². The van der Waals surface area contributed by atoms with Crippen molar-refractivity contribution in [2.75, 3.05) is 23.8 Å². The first-order chi connectivity index (χ1) is 10.7. The van der Waals surface area contributed by atoms with Gasteiger partial charge in [0.15, 0.2) is 5.11 Å². The van der Waals surface area contributed by atoms with Crippen LogP contribution in [0.2, 0.25) is 0 Å². The summed E-state index contributed by atoms with van der Waals surface area (Å²) in [4.78, 5) is 0. The molecular formula is C17H23N2O2PS. The van der Waals surface area contributed by atoms with E-state index in [1.807, 2.05) is 62.4 Å². The minimum atomic E-state index is 0. The quantitative estimate of drug-likeness (QED) is 0.599. The summed E-state index contributed by atoms with van der Waals surface area (Å²) in [5.41, 5.74) is 1.82. The standard InChI is InChI=1S/C17H20N2O2S.H3P/c1-3-20-15-9-5-13(6-10-15)18-17(22)19-14-7-11-16(12-8-14)21-4-2;/h5-12H,3-4H2,1-2H3,(H2,18,19,22);1H3. The second-order valence-corrected chi connectivity index (χ2v) is 4.90. The molecule has 0 saturated heterocycles. The van der Waals surface area contributed by atoms with Gasteiger partial charge in [0, 0.05) is 11.4 Å². The molecule has 0 heterocycles. The van der Waals surface area contributed by atoms with Gasteiger partial charge in [0.1, 0.15) is 11.5 Å². The monoisotopic (exact) mass is 350 g/mol. The molecule has 124 valence electrons. The summed E-state index contributed by atoms with van der Waals surface area (Å²) < 4.78 is 10.8. The predicted octanol–water partition coefficient (Wildman–Crippen LogP) is 4.35. The second kappa shape index (κ2) is 10.0. The zero-order valence-electron chi connectivity index (χ0n) is 13.5. The van der Waals surface area contributed by atoms with Crippen molar-refractivity contribution in [3.63, 3.8) is 0 Å². The van der Waals surface area contributed by atoms with E-state index in [1.54, 1.807) is 0 Å². The molecule has 1 unspecified atom stereocenters. The maximum absolute atomic E-state index is 5.40. The normalized spacial score (nSPS) is 9.48. The van der Waals surface area contributed by atoms with Gasteiger partial charge in [0.05, 0.1) is 13.2 Å². The lowest BCUT2D eigenvalue weighted by atomic mass is 10.3. The summed E-state index contributed by atoms with van der Waals surface area (Å²) in [7, 11) is 0. The molecule has 0 saturated carbocycles. The van der Waals surface area contributed by atoms with Gasteiger partial charge in [0.25, 0.3) is 0 Å². The minimum Gasteiger partial charge on any atom is -0.494 e. The molecule has 2 rings (SSSR count). The van der Waals surface area contributed by atoms with E-state index >= 15 is 0 Å². The zero-order valence-corrected chi connectivity index (χ0v) is 15.7. The average molecular weight is 350 g/mol. The van der Waals surface area contributed by atoms with Crippen molar-refractivity contribution < 1.29 is 9.47 Å². The van der Waals surface area contributed by atoms with Gasteiger partial charge in [-0.15, -0.1) is 0 Å². The predicted molar refractivity (Wildman–Crippen MR) is 106 cm³/mol. The summed E-state index contributed by atoms with van der Waals surface area (Å²) in [5.74, 6) is 1.69. The molecule has 0 aromatic heterocycles. The highest BCUT2D eigenvalue weighted by Gasteiger charge is 2.00. The third kappa shape index (κ3) is 6.43. The lowest BCUT2D eigenvalue weighted by Gasteiger charge is -2.12. The first-order valence-corrected chi connectivity index (χ1v) is 7.65. The highest BCUT2D eigenvalue weighted by molar-refractivity contribution is 7.80. The zero-order chi connectivity index (χ0) is 15.8. The molecule has 0 radical (unpaired) electrons. The Labute approximate surface area is 146 Å². The number of nitrogens with one attached hydrogen (secondary N) is 2. The molecule has 2 N–H and O–H groups in total. The smallest absolute Gasteiger partial charge is 0.175 e. The minimum absolute atomic E-state index is 0. The fourth-order valence-corrected chi connectivity index (χ4v) is 2.13. The molecule has 0 spiro atoms. The lowest BCUT2D eigenvalue weighted by Crippen LogP contribution is -2.18. The number of hydrogen-bond donors (Lipinski definition) is 2. The summed E-state index contributed by atoms with van der Waals surface area (Å²) in [6, 6.07) is 15.3. The molecule has 0 aliphatic carbocycles. The van der Waals surface area contributed by atoms with Crippen molar-refractivity contribution in [3.8, 4) is 11.5 Å². The summed E-state index contributed by atoms with van der Waals surface area (Å²) >= 11 is 5.30. The highest BCUT2D eigenvalue weighted by Crippen LogP contribution is 2.18. The Kier molecular flexibility index (Phi) is 8.38. The number of benzene rings is 2. The molecule has 2 aromatic rings. The van der Waals surface area contributed by atoms with Crippen LogP contribution < -0.4 is 20.1 Å².